The van der Waals surface area contributed by atoms with Crippen LogP contribution >= 0.6 is 0 Å². The van der Waals surface area contributed by atoms with E-state index < -0.39 is 6.29 Å². The highest BCUT2D eigenvalue weighted by Gasteiger charge is 2.26. The summed E-state index contributed by atoms with van der Waals surface area (Å²) in [6.07, 6.45) is 0.881. The summed E-state index contributed by atoms with van der Waals surface area (Å²) in [6, 6.07) is 19.9. The van der Waals surface area contributed by atoms with Crippen LogP contribution in [-0.4, -0.2) is 12.5 Å². The number of halogens is 1. The molecule has 1 saturated heterocycles. The van der Waals surface area contributed by atoms with Gasteiger partial charge in [0.05, 0.1) is 6.61 Å². The minimum absolute atomic E-state index is 0.122. The average Bonchev–Trinajstić information content (AvgIpc) is 3.24. The minimum Gasteiger partial charge on any atom is -0.489 e. The van der Waals surface area contributed by atoms with Crippen molar-refractivity contribution in [1.29, 1.82) is 0 Å². The van der Waals surface area contributed by atoms with Crippen molar-refractivity contribution in [3.8, 4) is 11.5 Å². The Morgan fingerprint density at radius 3 is 2.74 bits per heavy atom. The highest BCUT2D eigenvalue weighted by molar-refractivity contribution is 5.95. The maximum Gasteiger partial charge on any atom is 0.227 e. The van der Waals surface area contributed by atoms with Crippen molar-refractivity contribution in [1.82, 2.24) is 0 Å². The Morgan fingerprint density at radius 1 is 1.06 bits per heavy atom. The Hall–Kier alpha value is -3.38. The molecule has 5 nitrogen and oxygen atoms in total. The Morgan fingerprint density at radius 2 is 1.94 bits per heavy atom. The van der Waals surface area contributed by atoms with Gasteiger partial charge in [0, 0.05) is 41.4 Å². The predicted molar refractivity (Wildman–Crippen MR) is 113 cm³/mol. The molecule has 6 heteroatoms. The largest absolute Gasteiger partial charge is 0.489 e. The zero-order valence-corrected chi connectivity index (χ0v) is 16.9. The average molecular weight is 419 g/mol. The van der Waals surface area contributed by atoms with Crippen LogP contribution in [0.25, 0.3) is 0 Å². The van der Waals surface area contributed by atoms with Crippen LogP contribution in [0, 0.1) is 5.82 Å². The topological polar surface area (TPSA) is 48.0 Å². The number of fused-ring (bicyclic) bond motifs is 1. The molecule has 0 aliphatic carbocycles. The molecular weight excluding hydrogens is 397 g/mol. The molecule has 158 valence electrons. The van der Waals surface area contributed by atoms with Gasteiger partial charge >= 0.3 is 0 Å². The second kappa shape index (κ2) is 8.40. The Balaban J connectivity index is 1.36. The van der Waals surface area contributed by atoms with E-state index in [-0.39, 0.29) is 24.9 Å². The molecule has 0 aromatic heterocycles. The van der Waals surface area contributed by atoms with Gasteiger partial charge in [0.25, 0.3) is 0 Å². The van der Waals surface area contributed by atoms with Crippen molar-refractivity contribution < 1.29 is 23.4 Å². The fourth-order valence-corrected chi connectivity index (χ4v) is 3.98. The number of hydrogen-bond acceptors (Lipinski definition) is 4. The molecule has 1 atom stereocenters. The van der Waals surface area contributed by atoms with Gasteiger partial charge < -0.3 is 19.1 Å². The minimum atomic E-state index is -0.553. The summed E-state index contributed by atoms with van der Waals surface area (Å²) in [7, 11) is 0. The molecule has 0 bridgehead atoms. The maximum absolute atomic E-state index is 14.2. The van der Waals surface area contributed by atoms with Gasteiger partial charge in [0.2, 0.25) is 12.2 Å². The van der Waals surface area contributed by atoms with E-state index in [1.54, 1.807) is 4.90 Å². The summed E-state index contributed by atoms with van der Waals surface area (Å²) in [5, 5.41) is 0. The van der Waals surface area contributed by atoms with E-state index in [0.717, 1.165) is 17.7 Å². The lowest BCUT2D eigenvalue weighted by atomic mass is 10.1. The molecule has 31 heavy (non-hydrogen) atoms. The van der Waals surface area contributed by atoms with Gasteiger partial charge in [0.1, 0.15) is 23.9 Å². The molecule has 2 aliphatic rings. The molecule has 0 N–H and O–H groups in total. The van der Waals surface area contributed by atoms with Gasteiger partial charge in [-0.05, 0) is 30.7 Å². The Labute approximate surface area is 180 Å². The zero-order valence-electron chi connectivity index (χ0n) is 16.9. The van der Waals surface area contributed by atoms with Crippen molar-refractivity contribution in [2.75, 3.05) is 11.4 Å². The highest BCUT2D eigenvalue weighted by Crippen LogP contribution is 2.37. The molecule has 5 rings (SSSR count). The molecule has 0 unspecified atom stereocenters. The smallest absolute Gasteiger partial charge is 0.227 e. The number of carbonyl (C=O) groups is 1. The van der Waals surface area contributed by atoms with Gasteiger partial charge in [-0.1, -0.05) is 36.4 Å². The first-order chi connectivity index (χ1) is 15.2. The van der Waals surface area contributed by atoms with Gasteiger partial charge in [-0.25, -0.2) is 4.39 Å². The standard InChI is InChI=1S/C25H22FNO4/c26-20-12-18(15-29-22-9-4-8-21(14-22)27-11-5-10-23(27)28)24-19(13-20)16-30-25(31-24)17-6-2-1-3-7-17/h1-4,6-9,12-14,25H,5,10-11,15-16H2/t25-/m1/s1. The van der Waals surface area contributed by atoms with E-state index in [4.69, 9.17) is 14.2 Å². The highest BCUT2D eigenvalue weighted by atomic mass is 19.1. The monoisotopic (exact) mass is 419 g/mol. The SMILES string of the molecule is O=C1CCCN1c1cccc(OCc2cc(F)cc3c2O[C@H](c2ccccc2)OC3)c1. The first-order valence-electron chi connectivity index (χ1n) is 10.3. The fourth-order valence-electron chi connectivity index (χ4n) is 3.98. The van der Waals surface area contributed by atoms with E-state index in [0.29, 0.717) is 35.6 Å². The molecule has 1 amide bonds. The molecule has 1 fully saturated rings. The number of anilines is 1. The Kier molecular flexibility index (Phi) is 5.30. The van der Waals surface area contributed by atoms with Gasteiger partial charge in [-0.3, -0.25) is 4.79 Å². The third-order valence-electron chi connectivity index (χ3n) is 5.49. The molecular formula is C25H22FNO4. The van der Waals surface area contributed by atoms with Crippen LogP contribution in [-0.2, 0) is 22.7 Å². The number of carbonyl (C=O) groups excluding carboxylic acids is 1. The number of benzene rings is 3. The number of rotatable bonds is 5. The van der Waals surface area contributed by atoms with Crippen LogP contribution in [0.1, 0.15) is 35.8 Å². The van der Waals surface area contributed by atoms with E-state index in [9.17, 15) is 9.18 Å². The third-order valence-corrected chi connectivity index (χ3v) is 5.49. The van der Waals surface area contributed by atoms with E-state index in [1.165, 1.54) is 12.1 Å². The molecule has 3 aromatic rings. The van der Waals surface area contributed by atoms with E-state index in [2.05, 4.69) is 0 Å². The van der Waals surface area contributed by atoms with Crippen LogP contribution in [0.15, 0.2) is 66.7 Å². The summed E-state index contributed by atoms with van der Waals surface area (Å²) in [6.45, 7) is 1.11. The van der Waals surface area contributed by atoms with Gasteiger partial charge in [-0.2, -0.15) is 0 Å². The summed E-state index contributed by atoms with van der Waals surface area (Å²) in [5.74, 6) is 0.963. The fraction of sp³-hybridized carbons (Fsp3) is 0.240. The lowest BCUT2D eigenvalue weighted by molar-refractivity contribution is -0.117. The predicted octanol–water partition coefficient (Wildman–Crippen LogP) is 5.14. The normalized spacial score (nSPS) is 17.9. The van der Waals surface area contributed by atoms with Crippen molar-refractivity contribution in [3.63, 3.8) is 0 Å². The molecule has 0 radical (unpaired) electrons. The second-order valence-corrected chi connectivity index (χ2v) is 7.66. The summed E-state index contributed by atoms with van der Waals surface area (Å²) < 4.78 is 32.0. The number of nitrogens with zero attached hydrogens (tertiary/aromatic N) is 1. The molecule has 0 spiro atoms. The third kappa shape index (κ3) is 4.11. The van der Waals surface area contributed by atoms with Gasteiger partial charge in [0.15, 0.2) is 0 Å². The second-order valence-electron chi connectivity index (χ2n) is 7.66. The molecule has 2 aliphatic heterocycles. The van der Waals surface area contributed by atoms with Crippen LogP contribution in [0.3, 0.4) is 0 Å². The van der Waals surface area contributed by atoms with Gasteiger partial charge in [-0.15, -0.1) is 0 Å². The van der Waals surface area contributed by atoms with E-state index in [1.807, 2.05) is 54.6 Å². The van der Waals surface area contributed by atoms with Crippen LogP contribution in [0.2, 0.25) is 0 Å². The van der Waals surface area contributed by atoms with Crippen LogP contribution in [0.4, 0.5) is 10.1 Å². The molecule has 3 aromatic carbocycles. The summed E-state index contributed by atoms with van der Waals surface area (Å²) in [4.78, 5) is 13.8. The number of amides is 1. The maximum atomic E-state index is 14.2. The first kappa shape index (κ1) is 19.6. The van der Waals surface area contributed by atoms with Crippen LogP contribution < -0.4 is 14.4 Å². The van der Waals surface area contributed by atoms with Crippen molar-refractivity contribution in [2.24, 2.45) is 0 Å². The molecule has 0 saturated carbocycles. The summed E-state index contributed by atoms with van der Waals surface area (Å²) >= 11 is 0. The quantitative estimate of drug-likeness (QED) is 0.575. The van der Waals surface area contributed by atoms with Crippen LogP contribution in [0.5, 0.6) is 11.5 Å². The Bertz CT molecular complexity index is 1100. The van der Waals surface area contributed by atoms with Crippen molar-refractivity contribution in [2.45, 2.75) is 32.3 Å². The van der Waals surface area contributed by atoms with Crippen molar-refractivity contribution in [3.05, 3.63) is 89.2 Å². The first-order valence-corrected chi connectivity index (χ1v) is 10.3. The molecule has 2 heterocycles. The zero-order chi connectivity index (χ0) is 21.2. The number of hydrogen-bond donors (Lipinski definition) is 0. The lowest BCUT2D eigenvalue weighted by Crippen LogP contribution is -2.23. The van der Waals surface area contributed by atoms with E-state index >= 15 is 0 Å². The number of ether oxygens (including phenoxy) is 3. The van der Waals surface area contributed by atoms with Crippen molar-refractivity contribution >= 4 is 11.6 Å². The summed E-state index contributed by atoms with van der Waals surface area (Å²) in [5.41, 5.74) is 2.98. The lowest BCUT2D eigenvalue weighted by Gasteiger charge is -2.28.